The third-order valence-electron chi connectivity index (χ3n) is 3.84. The quantitative estimate of drug-likeness (QED) is 0.753. The highest BCUT2D eigenvalue weighted by Gasteiger charge is 2.27. The van der Waals surface area contributed by atoms with Crippen molar-refractivity contribution in [1.29, 1.82) is 0 Å². The third-order valence-corrected chi connectivity index (χ3v) is 3.84. The van der Waals surface area contributed by atoms with Crippen LogP contribution in [0.3, 0.4) is 0 Å². The molecule has 0 saturated heterocycles. The van der Waals surface area contributed by atoms with E-state index in [9.17, 15) is 9.59 Å². The molecule has 1 aliphatic carbocycles. The highest BCUT2D eigenvalue weighted by molar-refractivity contribution is 5.74. The molecule has 2 amide bonds. The molecule has 0 unspecified atom stereocenters. The summed E-state index contributed by atoms with van der Waals surface area (Å²) in [7, 11) is 1.62. The Morgan fingerprint density at radius 1 is 1.29 bits per heavy atom. The molecule has 122 valence electrons. The van der Waals surface area contributed by atoms with Gasteiger partial charge in [-0.15, -0.1) is 0 Å². The van der Waals surface area contributed by atoms with Gasteiger partial charge in [0.05, 0.1) is 12.5 Å². The fourth-order valence-corrected chi connectivity index (χ4v) is 2.67. The lowest BCUT2D eigenvalue weighted by atomic mass is 9.86. The summed E-state index contributed by atoms with van der Waals surface area (Å²) in [5.41, 5.74) is 0. The van der Waals surface area contributed by atoms with Gasteiger partial charge in [-0.3, -0.25) is 4.79 Å². The van der Waals surface area contributed by atoms with Gasteiger partial charge in [0, 0.05) is 26.2 Å². The minimum atomic E-state index is -0.721. The summed E-state index contributed by atoms with van der Waals surface area (Å²) < 4.78 is 5.05. The third kappa shape index (κ3) is 6.33. The van der Waals surface area contributed by atoms with Crippen molar-refractivity contribution in [2.24, 2.45) is 11.8 Å². The second kappa shape index (κ2) is 8.87. The number of carbonyl (C=O) groups excluding carboxylic acids is 1. The molecule has 1 fully saturated rings. The first-order chi connectivity index (χ1) is 9.93. The molecule has 21 heavy (non-hydrogen) atoms. The summed E-state index contributed by atoms with van der Waals surface area (Å²) in [6.45, 7) is 5.94. The smallest absolute Gasteiger partial charge is 0.317 e. The molecule has 0 spiro atoms. The predicted molar refractivity (Wildman–Crippen MR) is 80.2 cm³/mol. The van der Waals surface area contributed by atoms with Crippen molar-refractivity contribution in [3.8, 4) is 0 Å². The lowest BCUT2D eigenvalue weighted by Crippen LogP contribution is -2.48. The number of carboxylic acid groups (broad SMARTS) is 1. The Labute approximate surface area is 126 Å². The van der Waals surface area contributed by atoms with Gasteiger partial charge in [0.25, 0.3) is 0 Å². The fraction of sp³-hybridized carbons (Fsp3) is 0.867. The number of hydrogen-bond acceptors (Lipinski definition) is 3. The van der Waals surface area contributed by atoms with E-state index in [0.717, 1.165) is 12.8 Å². The number of nitrogens with zero attached hydrogens (tertiary/aromatic N) is 1. The van der Waals surface area contributed by atoms with Crippen molar-refractivity contribution in [2.45, 2.75) is 45.6 Å². The average molecular weight is 300 g/mol. The van der Waals surface area contributed by atoms with Gasteiger partial charge in [0.2, 0.25) is 0 Å². The fourth-order valence-electron chi connectivity index (χ4n) is 2.67. The van der Waals surface area contributed by atoms with E-state index in [1.807, 2.05) is 0 Å². The van der Waals surface area contributed by atoms with Crippen molar-refractivity contribution in [3.05, 3.63) is 0 Å². The SMILES string of the molecule is COCCN(CC(C)C)C(=O)NC1CCC(C(=O)O)CC1. The van der Waals surface area contributed by atoms with Crippen LogP contribution in [0.15, 0.2) is 0 Å². The summed E-state index contributed by atoms with van der Waals surface area (Å²) >= 11 is 0. The van der Waals surface area contributed by atoms with Gasteiger partial charge < -0.3 is 20.1 Å². The number of carboxylic acids is 1. The van der Waals surface area contributed by atoms with Gasteiger partial charge in [-0.2, -0.15) is 0 Å². The van der Waals surface area contributed by atoms with E-state index in [-0.39, 0.29) is 18.0 Å². The molecular weight excluding hydrogens is 272 g/mol. The van der Waals surface area contributed by atoms with Crippen LogP contribution < -0.4 is 5.32 Å². The Morgan fingerprint density at radius 3 is 2.38 bits per heavy atom. The molecule has 6 nitrogen and oxygen atoms in total. The Hall–Kier alpha value is -1.30. The molecule has 0 bridgehead atoms. The first-order valence-electron chi connectivity index (χ1n) is 7.71. The van der Waals surface area contributed by atoms with Crippen molar-refractivity contribution < 1.29 is 19.4 Å². The number of methoxy groups -OCH3 is 1. The Morgan fingerprint density at radius 2 is 1.90 bits per heavy atom. The molecule has 0 atom stereocenters. The van der Waals surface area contributed by atoms with Gasteiger partial charge in [0.15, 0.2) is 0 Å². The molecule has 0 radical (unpaired) electrons. The highest BCUT2D eigenvalue weighted by Crippen LogP contribution is 2.24. The van der Waals surface area contributed by atoms with Crippen LogP contribution in [-0.2, 0) is 9.53 Å². The number of rotatable bonds is 7. The Kier molecular flexibility index (Phi) is 7.50. The van der Waals surface area contributed by atoms with Crippen LogP contribution >= 0.6 is 0 Å². The number of aliphatic carboxylic acids is 1. The topological polar surface area (TPSA) is 78.9 Å². The first kappa shape index (κ1) is 17.8. The number of hydrogen-bond donors (Lipinski definition) is 2. The summed E-state index contributed by atoms with van der Waals surface area (Å²) in [6, 6.07) is 0.0184. The lowest BCUT2D eigenvalue weighted by molar-refractivity contribution is -0.142. The van der Waals surface area contributed by atoms with Crippen molar-refractivity contribution in [3.63, 3.8) is 0 Å². The number of nitrogens with one attached hydrogen (secondary N) is 1. The minimum absolute atomic E-state index is 0.0699. The second-order valence-electron chi connectivity index (χ2n) is 6.17. The standard InChI is InChI=1S/C15H28N2O4/c1-11(2)10-17(8-9-21-3)15(20)16-13-6-4-12(5-7-13)14(18)19/h11-13H,4-10H2,1-3H3,(H,16,20)(H,18,19). The molecule has 0 aromatic rings. The van der Waals surface area contributed by atoms with Crippen LogP contribution in [0, 0.1) is 11.8 Å². The number of amides is 2. The molecule has 1 saturated carbocycles. The molecule has 6 heteroatoms. The van der Waals surface area contributed by atoms with Gasteiger partial charge in [-0.1, -0.05) is 13.8 Å². The van der Waals surface area contributed by atoms with Crippen LogP contribution in [0.4, 0.5) is 4.79 Å². The normalized spacial score (nSPS) is 22.1. The largest absolute Gasteiger partial charge is 0.481 e. The van der Waals surface area contributed by atoms with Gasteiger partial charge in [-0.25, -0.2) is 4.79 Å². The summed E-state index contributed by atoms with van der Waals surface area (Å²) in [5.74, 6) is -0.574. The summed E-state index contributed by atoms with van der Waals surface area (Å²) in [6.07, 6.45) is 2.76. The maximum atomic E-state index is 12.3. The molecule has 0 heterocycles. The Balaban J connectivity index is 2.44. The molecular formula is C15H28N2O4. The summed E-state index contributed by atoms with van der Waals surface area (Å²) in [4.78, 5) is 25.0. The van der Waals surface area contributed by atoms with Crippen LogP contribution in [0.2, 0.25) is 0 Å². The Bertz CT molecular complexity index is 339. The van der Waals surface area contributed by atoms with Crippen LogP contribution in [0.1, 0.15) is 39.5 Å². The maximum absolute atomic E-state index is 12.3. The van der Waals surface area contributed by atoms with E-state index in [4.69, 9.17) is 9.84 Å². The van der Waals surface area contributed by atoms with Gasteiger partial charge in [-0.05, 0) is 31.6 Å². The molecule has 1 rings (SSSR count). The van der Waals surface area contributed by atoms with E-state index in [0.29, 0.717) is 38.5 Å². The number of ether oxygens (including phenoxy) is 1. The zero-order valence-corrected chi connectivity index (χ0v) is 13.3. The van der Waals surface area contributed by atoms with Crippen molar-refractivity contribution in [2.75, 3.05) is 26.8 Å². The van der Waals surface area contributed by atoms with Crippen molar-refractivity contribution >= 4 is 12.0 Å². The highest BCUT2D eigenvalue weighted by atomic mass is 16.5. The van der Waals surface area contributed by atoms with Crippen molar-refractivity contribution in [1.82, 2.24) is 10.2 Å². The van der Waals surface area contributed by atoms with E-state index in [2.05, 4.69) is 19.2 Å². The first-order valence-corrected chi connectivity index (χ1v) is 7.71. The average Bonchev–Trinajstić information content (AvgIpc) is 2.43. The monoisotopic (exact) mass is 300 g/mol. The molecule has 1 aliphatic rings. The van der Waals surface area contributed by atoms with E-state index >= 15 is 0 Å². The molecule has 0 aromatic carbocycles. The lowest BCUT2D eigenvalue weighted by Gasteiger charge is -2.30. The summed E-state index contributed by atoms with van der Waals surface area (Å²) in [5, 5.41) is 12.0. The van der Waals surface area contributed by atoms with Gasteiger partial charge >= 0.3 is 12.0 Å². The predicted octanol–water partition coefficient (Wildman–Crippen LogP) is 1.94. The van der Waals surface area contributed by atoms with Gasteiger partial charge in [0.1, 0.15) is 0 Å². The molecule has 2 N–H and O–H groups in total. The maximum Gasteiger partial charge on any atom is 0.317 e. The number of urea groups is 1. The molecule has 0 aromatic heterocycles. The minimum Gasteiger partial charge on any atom is -0.481 e. The molecule has 0 aliphatic heterocycles. The zero-order valence-electron chi connectivity index (χ0n) is 13.3. The zero-order chi connectivity index (χ0) is 15.8. The van der Waals surface area contributed by atoms with E-state index < -0.39 is 5.97 Å². The number of carbonyl (C=O) groups is 2. The van der Waals surface area contributed by atoms with Crippen LogP contribution in [0.5, 0.6) is 0 Å². The van der Waals surface area contributed by atoms with Crippen LogP contribution in [-0.4, -0.2) is 54.9 Å². The second-order valence-corrected chi connectivity index (χ2v) is 6.17. The van der Waals surface area contributed by atoms with Crippen LogP contribution in [0.25, 0.3) is 0 Å². The van der Waals surface area contributed by atoms with E-state index in [1.54, 1.807) is 12.0 Å². The van der Waals surface area contributed by atoms with E-state index in [1.165, 1.54) is 0 Å².